The monoisotopic (exact) mass is 1030 g/mol. The van der Waals surface area contributed by atoms with Gasteiger partial charge in [-0.2, -0.15) is 123 Å². The fourth-order valence-electron chi connectivity index (χ4n) is 3.37. The van der Waals surface area contributed by atoms with Crippen molar-refractivity contribution < 1.29 is 174 Å². The van der Waals surface area contributed by atoms with Crippen LogP contribution in [0.4, 0.5) is 140 Å². The molecule has 0 amide bonds. The van der Waals surface area contributed by atoms with Gasteiger partial charge in [-0.25, -0.2) is 22.8 Å². The Balaban J connectivity index is 6.49. The highest BCUT2D eigenvalue weighted by Crippen LogP contribution is 2.64. The third-order valence-corrected chi connectivity index (χ3v) is 7.80. The quantitative estimate of drug-likeness (QED) is 0.0336. The number of halogens is 32. The second-order valence-corrected chi connectivity index (χ2v) is 12.1. The lowest BCUT2D eigenvalue weighted by atomic mass is 9.89. The summed E-state index contributed by atoms with van der Waals surface area (Å²) in [6.07, 6.45) is -15.0. The number of alkyl halides is 32. The van der Waals surface area contributed by atoms with Crippen LogP contribution in [0.15, 0.2) is 0 Å². The average molecular weight is 1030 g/mol. The fourth-order valence-corrected chi connectivity index (χ4v) is 3.85. The van der Waals surface area contributed by atoms with Gasteiger partial charge in [0.15, 0.2) is 13.2 Å². The molecule has 1 unspecified atom stereocenters. The van der Waals surface area contributed by atoms with Crippen molar-refractivity contribution in [2.45, 2.75) is 107 Å². The van der Waals surface area contributed by atoms with Crippen molar-refractivity contribution in [3.05, 3.63) is 0 Å². The van der Waals surface area contributed by atoms with Crippen LogP contribution in [-0.4, -0.2) is 131 Å². The molecule has 1 N–H and O–H groups in total. The van der Waals surface area contributed by atoms with Gasteiger partial charge < -0.3 is 9.47 Å². The summed E-state index contributed by atoms with van der Waals surface area (Å²) in [4.78, 5) is 23.6. The van der Waals surface area contributed by atoms with E-state index >= 15 is 0 Å². The largest absolute Gasteiger partial charge is 0.459 e. The molecule has 0 aliphatic heterocycles. The van der Waals surface area contributed by atoms with Crippen LogP contribution in [0.3, 0.4) is 0 Å². The maximum absolute atomic E-state index is 14.0. The van der Waals surface area contributed by atoms with E-state index in [1.165, 1.54) is 0 Å². The molecular formula is C22H10F32O7S. The Morgan fingerprint density at radius 3 is 0.952 bits per heavy atom. The lowest BCUT2D eigenvalue weighted by Gasteiger charge is -2.42. The standard InChI is InChI=1S/C22H10F32O7S/c23-7(24)11(31,32)15(39,40)19(47,48)21(51,52)17(43,44)13(35,36)9(27,28)2-58-5(55)1-4(62-61-60-57)6(56)59-3-10(29,30)14(37,38)18(45,46)22(53,54)20(49,50)16(41,42)12(33,34)8(25)26/h4,7-8,57H,1-3H2. The highest BCUT2D eigenvalue weighted by Gasteiger charge is 2.95. The number of hydrogen-bond acceptors (Lipinski definition) is 8. The minimum Gasteiger partial charge on any atom is -0.459 e. The lowest BCUT2D eigenvalue weighted by molar-refractivity contribution is -0.447. The molecule has 0 aliphatic carbocycles. The van der Waals surface area contributed by atoms with Crippen LogP contribution in [0.1, 0.15) is 6.42 Å². The maximum Gasteiger partial charge on any atom is 0.385 e. The zero-order valence-electron chi connectivity index (χ0n) is 27.3. The maximum atomic E-state index is 14.0. The molecule has 0 bridgehead atoms. The summed E-state index contributed by atoms with van der Waals surface area (Å²) in [5.74, 6) is -124. The van der Waals surface area contributed by atoms with Gasteiger partial charge in [0, 0.05) is 0 Å². The first-order valence-electron chi connectivity index (χ1n) is 13.6. The number of ether oxygens (including phenoxy) is 2. The van der Waals surface area contributed by atoms with Gasteiger partial charge in [0.05, 0.1) is 18.5 Å². The van der Waals surface area contributed by atoms with Crippen LogP contribution in [-0.2, 0) is 28.4 Å². The predicted octanol–water partition coefficient (Wildman–Crippen LogP) is 10.3. The summed E-state index contributed by atoms with van der Waals surface area (Å²) in [5, 5.41) is 7.21. The number of esters is 2. The van der Waals surface area contributed by atoms with E-state index in [0.717, 1.165) is 0 Å². The molecule has 40 heteroatoms. The van der Waals surface area contributed by atoms with Crippen LogP contribution in [0.25, 0.3) is 0 Å². The van der Waals surface area contributed by atoms with E-state index < -0.39 is 145 Å². The average Bonchev–Trinajstić information content (AvgIpc) is 3.10. The second kappa shape index (κ2) is 17.4. The third kappa shape index (κ3) is 8.97. The summed E-state index contributed by atoms with van der Waals surface area (Å²) in [7, 11) is 0. The first-order valence-corrected chi connectivity index (χ1v) is 14.4. The molecule has 0 saturated carbocycles. The molecule has 0 radical (unpaired) electrons. The molecule has 0 spiro atoms. The van der Waals surface area contributed by atoms with E-state index in [1.54, 1.807) is 0 Å². The molecular weight excluding hydrogens is 1020 g/mol. The molecule has 0 fully saturated rings. The fraction of sp³-hybridized carbons (Fsp3) is 0.909. The van der Waals surface area contributed by atoms with Crippen molar-refractivity contribution >= 4 is 24.0 Å². The Bertz CT molecular complexity index is 1560. The zero-order chi connectivity index (χ0) is 50.5. The predicted molar refractivity (Wildman–Crippen MR) is 124 cm³/mol. The molecule has 0 rings (SSSR count). The van der Waals surface area contributed by atoms with Gasteiger partial charge in [-0.3, -0.25) is 9.59 Å². The lowest BCUT2D eigenvalue weighted by Crippen LogP contribution is -2.74. The summed E-state index contributed by atoms with van der Waals surface area (Å²) in [6, 6.07) is 0. The van der Waals surface area contributed by atoms with Gasteiger partial charge in [-0.1, -0.05) is 5.04 Å². The van der Waals surface area contributed by atoms with Crippen molar-refractivity contribution in [1.29, 1.82) is 0 Å². The Hall–Kier alpha value is -3.07. The van der Waals surface area contributed by atoms with E-state index in [2.05, 4.69) is 18.8 Å². The number of carbonyl (C=O) groups excluding carboxylic acids is 2. The minimum atomic E-state index is -8.97. The van der Waals surface area contributed by atoms with Crippen LogP contribution in [0, 0.1) is 0 Å². The third-order valence-electron chi connectivity index (χ3n) is 7.07. The first kappa shape index (κ1) is 58.9. The molecule has 62 heavy (non-hydrogen) atoms. The summed E-state index contributed by atoms with van der Waals surface area (Å²) in [6.45, 7) is -8.09. The summed E-state index contributed by atoms with van der Waals surface area (Å²) in [5.41, 5.74) is 0. The van der Waals surface area contributed by atoms with E-state index in [4.69, 9.17) is 5.26 Å². The van der Waals surface area contributed by atoms with Gasteiger partial charge in [0.25, 0.3) is 0 Å². The molecule has 0 saturated heterocycles. The van der Waals surface area contributed by atoms with Crippen LogP contribution >= 0.6 is 12.0 Å². The van der Waals surface area contributed by atoms with Gasteiger partial charge in [0.1, 0.15) is 5.25 Å². The highest BCUT2D eigenvalue weighted by molar-refractivity contribution is 7.95. The van der Waals surface area contributed by atoms with E-state index in [-0.39, 0.29) is 0 Å². The number of carbonyl (C=O) groups is 2. The summed E-state index contributed by atoms with van der Waals surface area (Å²) < 4.78 is 439. The molecule has 0 aromatic heterocycles. The molecule has 0 heterocycles. The molecule has 7 nitrogen and oxygen atoms in total. The van der Waals surface area contributed by atoms with E-state index in [1.807, 2.05) is 0 Å². The second-order valence-electron chi connectivity index (χ2n) is 11.2. The Morgan fingerprint density at radius 2 is 0.677 bits per heavy atom. The minimum absolute atomic E-state index is 1.29. The van der Waals surface area contributed by atoms with Crippen molar-refractivity contribution in [3.63, 3.8) is 0 Å². The van der Waals surface area contributed by atoms with Crippen molar-refractivity contribution in [2.24, 2.45) is 0 Å². The molecule has 0 aliphatic rings. The van der Waals surface area contributed by atoms with Gasteiger partial charge in [0.2, 0.25) is 0 Å². The van der Waals surface area contributed by atoms with Crippen LogP contribution in [0.2, 0.25) is 0 Å². The Morgan fingerprint density at radius 1 is 0.419 bits per heavy atom. The Kier molecular flexibility index (Phi) is 16.5. The topological polar surface area (TPSA) is 91.3 Å². The molecule has 0 aromatic carbocycles. The van der Waals surface area contributed by atoms with Crippen LogP contribution < -0.4 is 0 Å². The zero-order valence-corrected chi connectivity index (χ0v) is 28.1. The summed E-state index contributed by atoms with van der Waals surface area (Å²) >= 11 is -1.29. The van der Waals surface area contributed by atoms with Crippen LogP contribution in [0.5, 0.6) is 0 Å². The normalized spacial score (nSPS) is 16.2. The number of rotatable bonds is 24. The van der Waals surface area contributed by atoms with Gasteiger partial charge in [-0.05, 0) is 0 Å². The van der Waals surface area contributed by atoms with Gasteiger partial charge in [-0.15, -0.1) is 4.33 Å². The highest BCUT2D eigenvalue weighted by atomic mass is 32.2. The van der Waals surface area contributed by atoms with Crippen molar-refractivity contribution in [2.75, 3.05) is 13.2 Å². The molecule has 1 atom stereocenters. The van der Waals surface area contributed by atoms with E-state index in [9.17, 15) is 150 Å². The smallest absolute Gasteiger partial charge is 0.385 e. The SMILES string of the molecule is O=C(CC(SOOO)C(=O)OCC(F)(F)C(F)(F)C(F)(F)C(F)(F)C(F)(F)C(F)(F)C(F)(F)C(F)F)OCC(F)(F)C(F)(F)C(F)(F)C(F)(F)C(F)(F)C(F)(F)C(F)(F)C(F)F. The van der Waals surface area contributed by atoms with E-state index in [0.29, 0.717) is 0 Å². The van der Waals surface area contributed by atoms with Crippen molar-refractivity contribution in [1.82, 2.24) is 0 Å². The van der Waals surface area contributed by atoms with Crippen molar-refractivity contribution in [3.8, 4) is 0 Å². The van der Waals surface area contributed by atoms with Gasteiger partial charge >= 0.3 is 108 Å². The Labute approximate surface area is 319 Å². The molecule has 0 aromatic rings. The first-order chi connectivity index (χ1) is 26.8. The number of hydrogen-bond donors (Lipinski definition) is 1. The molecule has 370 valence electrons.